The predicted octanol–water partition coefficient (Wildman–Crippen LogP) is 5.29. The highest BCUT2D eigenvalue weighted by atomic mass is 16.6. The molecular formula is C29H49NO5. The molecule has 0 spiro atoms. The largest absolute Gasteiger partial charge is 0.481 e. The van der Waals surface area contributed by atoms with E-state index in [1.165, 1.54) is 6.92 Å². The molecule has 0 aromatic heterocycles. The van der Waals surface area contributed by atoms with Crippen LogP contribution in [0.3, 0.4) is 0 Å². The van der Waals surface area contributed by atoms with Crippen LogP contribution in [0.15, 0.2) is 0 Å². The molecule has 4 aliphatic rings. The first-order valence-electron chi connectivity index (χ1n) is 14.3. The van der Waals surface area contributed by atoms with Crippen molar-refractivity contribution in [1.82, 2.24) is 5.32 Å². The second-order valence-corrected chi connectivity index (χ2v) is 13.1. The summed E-state index contributed by atoms with van der Waals surface area (Å²) in [7, 11) is 0. The van der Waals surface area contributed by atoms with Crippen LogP contribution in [0.1, 0.15) is 92.9 Å². The molecule has 0 saturated heterocycles. The maximum Gasteiger partial charge on any atom is 0.307 e. The van der Waals surface area contributed by atoms with E-state index >= 15 is 0 Å². The second kappa shape index (κ2) is 10.3. The standard InChI is InChI=1S/C29H49NO5/c1-7-34-25-16-28(5)19(14-24(25)35-18(4)31)8-9-20-21-10-11-22(27(32)33)29(21,6)15-23(26(20)28)30-13-12-17(2)3/h17,19-26,30H,7-16H2,1-6H3,(H,32,33)/t19?,20-,21-,22?,23?,24?,25?,26-,28-,29-/m0/s1. The van der Waals surface area contributed by atoms with Crippen LogP contribution in [0.2, 0.25) is 0 Å². The van der Waals surface area contributed by atoms with Gasteiger partial charge in [-0.25, -0.2) is 0 Å². The van der Waals surface area contributed by atoms with Crippen molar-refractivity contribution in [1.29, 1.82) is 0 Å². The summed E-state index contributed by atoms with van der Waals surface area (Å²) in [4.78, 5) is 24.1. The van der Waals surface area contributed by atoms with E-state index in [9.17, 15) is 14.7 Å². The summed E-state index contributed by atoms with van der Waals surface area (Å²) in [6.07, 6.45) is 7.79. The molecule has 4 rings (SSSR count). The van der Waals surface area contributed by atoms with Crippen molar-refractivity contribution < 1.29 is 24.2 Å². The molecule has 10 atom stereocenters. The van der Waals surface area contributed by atoms with Crippen molar-refractivity contribution in [2.24, 2.45) is 46.3 Å². The minimum absolute atomic E-state index is 0.0659. The number of aliphatic carboxylic acids is 1. The van der Waals surface area contributed by atoms with Crippen molar-refractivity contribution >= 4 is 11.9 Å². The lowest BCUT2D eigenvalue weighted by Crippen LogP contribution is -2.64. The number of esters is 1. The molecule has 6 nitrogen and oxygen atoms in total. The van der Waals surface area contributed by atoms with Crippen molar-refractivity contribution in [3.8, 4) is 0 Å². The topological polar surface area (TPSA) is 84.9 Å². The molecule has 0 radical (unpaired) electrons. The van der Waals surface area contributed by atoms with Gasteiger partial charge in [-0.3, -0.25) is 9.59 Å². The zero-order valence-electron chi connectivity index (χ0n) is 22.8. The van der Waals surface area contributed by atoms with E-state index in [1.807, 2.05) is 6.92 Å². The summed E-state index contributed by atoms with van der Waals surface area (Å²) < 4.78 is 12.0. The summed E-state index contributed by atoms with van der Waals surface area (Å²) in [5.41, 5.74) is -0.0441. The van der Waals surface area contributed by atoms with Crippen LogP contribution < -0.4 is 5.32 Å². The predicted molar refractivity (Wildman–Crippen MR) is 136 cm³/mol. The Kier molecular flexibility index (Phi) is 7.93. The maximum absolute atomic E-state index is 12.3. The molecule has 0 aromatic rings. The third kappa shape index (κ3) is 4.91. The van der Waals surface area contributed by atoms with Crippen LogP contribution >= 0.6 is 0 Å². The molecule has 35 heavy (non-hydrogen) atoms. The molecule has 4 aliphatic carbocycles. The Morgan fingerprint density at radius 3 is 2.43 bits per heavy atom. The minimum Gasteiger partial charge on any atom is -0.481 e. The van der Waals surface area contributed by atoms with Crippen LogP contribution in [0.4, 0.5) is 0 Å². The summed E-state index contributed by atoms with van der Waals surface area (Å²) in [5.74, 6) is 1.61. The SMILES string of the molecule is CCOC1C[C@@]2(C)C(CC[C@@H]3[C@H]2C(NCCC(C)C)C[C@]2(C)C(C(=O)O)CC[C@@H]32)CC1OC(C)=O. The Morgan fingerprint density at radius 2 is 1.80 bits per heavy atom. The lowest BCUT2D eigenvalue weighted by Gasteiger charge is -2.64. The summed E-state index contributed by atoms with van der Waals surface area (Å²) >= 11 is 0. The van der Waals surface area contributed by atoms with Gasteiger partial charge in [0.2, 0.25) is 0 Å². The van der Waals surface area contributed by atoms with Crippen LogP contribution in [-0.4, -0.2) is 48.4 Å². The molecule has 0 amide bonds. The van der Waals surface area contributed by atoms with E-state index in [1.54, 1.807) is 0 Å². The van der Waals surface area contributed by atoms with Gasteiger partial charge in [-0.2, -0.15) is 0 Å². The summed E-state index contributed by atoms with van der Waals surface area (Å²) in [5, 5.41) is 14.1. The van der Waals surface area contributed by atoms with E-state index in [0.717, 1.165) is 57.9 Å². The number of carboxylic acids is 1. The molecule has 0 aromatic carbocycles. The first-order chi connectivity index (χ1) is 16.5. The fraction of sp³-hybridized carbons (Fsp3) is 0.931. The van der Waals surface area contributed by atoms with Crippen molar-refractivity contribution in [2.75, 3.05) is 13.2 Å². The number of rotatable bonds is 8. The summed E-state index contributed by atoms with van der Waals surface area (Å²) in [6, 6.07) is 0.320. The third-order valence-electron chi connectivity index (χ3n) is 10.7. The van der Waals surface area contributed by atoms with Crippen molar-refractivity contribution in [3.63, 3.8) is 0 Å². The van der Waals surface area contributed by atoms with Gasteiger partial charge in [-0.15, -0.1) is 0 Å². The molecule has 4 saturated carbocycles. The molecule has 0 aliphatic heterocycles. The van der Waals surface area contributed by atoms with Gasteiger partial charge >= 0.3 is 11.9 Å². The fourth-order valence-corrected chi connectivity index (χ4v) is 9.30. The molecule has 0 heterocycles. The van der Waals surface area contributed by atoms with E-state index in [4.69, 9.17) is 9.47 Å². The number of carboxylic acid groups (broad SMARTS) is 1. The summed E-state index contributed by atoms with van der Waals surface area (Å²) in [6.45, 7) is 14.4. The quantitative estimate of drug-likeness (QED) is 0.449. The number of nitrogens with one attached hydrogen (secondary N) is 1. The lowest BCUT2D eigenvalue weighted by atomic mass is 9.43. The minimum atomic E-state index is -0.604. The van der Waals surface area contributed by atoms with Crippen LogP contribution in [0.5, 0.6) is 0 Å². The first-order valence-corrected chi connectivity index (χ1v) is 14.3. The number of hydrogen-bond donors (Lipinski definition) is 2. The maximum atomic E-state index is 12.3. The van der Waals surface area contributed by atoms with Crippen molar-refractivity contribution in [2.45, 2.75) is 111 Å². The van der Waals surface area contributed by atoms with Crippen LogP contribution in [-0.2, 0) is 19.1 Å². The first kappa shape index (κ1) is 26.9. The Morgan fingerprint density at radius 1 is 1.06 bits per heavy atom. The monoisotopic (exact) mass is 491 g/mol. The molecule has 5 unspecified atom stereocenters. The third-order valence-corrected chi connectivity index (χ3v) is 10.7. The van der Waals surface area contributed by atoms with Crippen LogP contribution in [0, 0.1) is 46.3 Å². The molecule has 6 heteroatoms. The van der Waals surface area contributed by atoms with Gasteiger partial charge in [0.15, 0.2) is 0 Å². The highest BCUT2D eigenvalue weighted by Crippen LogP contribution is 2.67. The highest BCUT2D eigenvalue weighted by molar-refractivity contribution is 5.71. The fourth-order valence-electron chi connectivity index (χ4n) is 9.30. The van der Waals surface area contributed by atoms with Gasteiger partial charge in [-0.1, -0.05) is 27.7 Å². The van der Waals surface area contributed by atoms with Gasteiger partial charge in [0.25, 0.3) is 0 Å². The number of ether oxygens (including phenoxy) is 2. The zero-order chi connectivity index (χ0) is 25.5. The number of hydrogen-bond acceptors (Lipinski definition) is 5. The van der Waals surface area contributed by atoms with Gasteiger partial charge < -0.3 is 19.9 Å². The zero-order valence-corrected chi connectivity index (χ0v) is 22.8. The number of carbonyl (C=O) groups is 2. The van der Waals surface area contributed by atoms with Gasteiger partial charge in [0.05, 0.1) is 12.0 Å². The average Bonchev–Trinajstić information content (AvgIpc) is 3.10. The van der Waals surface area contributed by atoms with Crippen molar-refractivity contribution in [3.05, 3.63) is 0 Å². The van der Waals surface area contributed by atoms with E-state index in [0.29, 0.717) is 42.2 Å². The highest BCUT2D eigenvalue weighted by Gasteiger charge is 2.65. The van der Waals surface area contributed by atoms with Crippen LogP contribution in [0.25, 0.3) is 0 Å². The molecule has 200 valence electrons. The van der Waals surface area contributed by atoms with E-state index in [2.05, 4.69) is 33.0 Å². The molecular weight excluding hydrogens is 442 g/mol. The van der Waals surface area contributed by atoms with E-state index in [-0.39, 0.29) is 34.9 Å². The number of carbonyl (C=O) groups excluding carboxylic acids is 1. The Balaban J connectivity index is 1.67. The Hall–Kier alpha value is -1.14. The molecule has 2 N–H and O–H groups in total. The number of fused-ring (bicyclic) bond motifs is 5. The van der Waals surface area contributed by atoms with Gasteiger partial charge in [0.1, 0.15) is 6.10 Å². The second-order valence-electron chi connectivity index (χ2n) is 13.1. The Bertz CT molecular complexity index is 785. The van der Waals surface area contributed by atoms with Gasteiger partial charge in [0, 0.05) is 19.6 Å². The normalized spacial score (nSPS) is 44.9. The average molecular weight is 492 g/mol. The smallest absolute Gasteiger partial charge is 0.307 e. The lowest BCUT2D eigenvalue weighted by molar-refractivity contribution is -0.195. The van der Waals surface area contributed by atoms with E-state index < -0.39 is 5.97 Å². The molecule has 4 fully saturated rings. The van der Waals surface area contributed by atoms with Gasteiger partial charge in [-0.05, 0) is 105 Å². The Labute approximate surface area is 212 Å². The molecule has 0 bridgehead atoms.